The Morgan fingerprint density at radius 2 is 2.33 bits per heavy atom. The molecule has 0 unspecified atom stereocenters. The Morgan fingerprint density at radius 1 is 1.50 bits per heavy atom. The quantitative estimate of drug-likeness (QED) is 0.811. The zero-order valence-electron chi connectivity index (χ0n) is 9.87. The number of pyridine rings is 1. The zero-order chi connectivity index (χ0) is 13.0. The van der Waals surface area contributed by atoms with Gasteiger partial charge in [0.05, 0.1) is 12.7 Å². The summed E-state index contributed by atoms with van der Waals surface area (Å²) in [5.74, 6) is -0.605. The van der Waals surface area contributed by atoms with Crippen LogP contribution >= 0.6 is 0 Å². The van der Waals surface area contributed by atoms with Crippen molar-refractivity contribution in [2.45, 2.75) is 13.5 Å². The Bertz CT molecular complexity index is 538. The number of carboxylic acids is 1. The van der Waals surface area contributed by atoms with Gasteiger partial charge in [-0.15, -0.1) is 5.10 Å². The highest BCUT2D eigenvalue weighted by Crippen LogP contribution is 2.16. The third-order valence-electron chi connectivity index (χ3n) is 2.48. The molecule has 0 saturated heterocycles. The second-order valence-electron chi connectivity index (χ2n) is 3.75. The van der Waals surface area contributed by atoms with Gasteiger partial charge in [0, 0.05) is 18.9 Å². The molecule has 0 aliphatic rings. The number of hydrogen-bond donors (Lipinski definition) is 2. The van der Waals surface area contributed by atoms with Crippen molar-refractivity contribution in [2.75, 3.05) is 11.9 Å². The Balaban J connectivity index is 2.05. The first-order valence-electron chi connectivity index (χ1n) is 5.45. The Labute approximate surface area is 103 Å². The molecule has 0 aromatic carbocycles. The van der Waals surface area contributed by atoms with Crippen LogP contribution in [0.25, 0.3) is 0 Å². The fraction of sp³-hybridized carbons (Fsp3) is 0.273. The van der Waals surface area contributed by atoms with E-state index >= 15 is 0 Å². The summed E-state index contributed by atoms with van der Waals surface area (Å²) in [6.07, 6.45) is 4.91. The fourth-order valence-corrected chi connectivity index (χ4v) is 1.60. The number of hydrogen-bond acceptors (Lipinski definition) is 5. The molecule has 0 bridgehead atoms. The van der Waals surface area contributed by atoms with Crippen LogP contribution < -0.4 is 5.32 Å². The summed E-state index contributed by atoms with van der Waals surface area (Å²) < 4.78 is 1.66. The first kappa shape index (κ1) is 12.0. The average molecular weight is 247 g/mol. The molecular weight excluding hydrogens is 234 g/mol. The van der Waals surface area contributed by atoms with Crippen molar-refractivity contribution in [3.05, 3.63) is 35.8 Å². The number of nitrogens with one attached hydrogen (secondary N) is 1. The van der Waals surface area contributed by atoms with Crippen LogP contribution in [0.1, 0.15) is 15.9 Å². The molecule has 94 valence electrons. The maximum Gasteiger partial charge on any atom is 0.339 e. The Morgan fingerprint density at radius 3 is 3.00 bits per heavy atom. The van der Waals surface area contributed by atoms with Gasteiger partial charge in [0.25, 0.3) is 0 Å². The van der Waals surface area contributed by atoms with E-state index in [1.807, 2.05) is 0 Å². The lowest BCUT2D eigenvalue weighted by Gasteiger charge is -2.10. The normalized spacial score (nSPS) is 10.3. The molecule has 0 aliphatic carbocycles. The molecule has 0 fully saturated rings. The van der Waals surface area contributed by atoms with Crippen molar-refractivity contribution < 1.29 is 9.90 Å². The van der Waals surface area contributed by atoms with Crippen molar-refractivity contribution >= 4 is 11.8 Å². The molecule has 0 amide bonds. The van der Waals surface area contributed by atoms with Crippen LogP contribution in [0.2, 0.25) is 0 Å². The number of aromatic carboxylic acids is 1. The van der Waals surface area contributed by atoms with Gasteiger partial charge in [-0.25, -0.2) is 9.78 Å². The summed E-state index contributed by atoms with van der Waals surface area (Å²) in [5, 5.41) is 19.6. The highest BCUT2D eigenvalue weighted by molar-refractivity contribution is 5.94. The molecule has 2 aromatic heterocycles. The molecule has 2 N–H and O–H groups in total. The van der Waals surface area contributed by atoms with Crippen LogP contribution in [0.3, 0.4) is 0 Å². The lowest BCUT2D eigenvalue weighted by molar-refractivity contribution is 0.0697. The van der Waals surface area contributed by atoms with Crippen LogP contribution in [0.5, 0.6) is 0 Å². The van der Waals surface area contributed by atoms with E-state index in [9.17, 15) is 4.79 Å². The van der Waals surface area contributed by atoms with Crippen LogP contribution in [0, 0.1) is 6.92 Å². The maximum absolute atomic E-state index is 11.1. The summed E-state index contributed by atoms with van der Waals surface area (Å²) in [6.45, 7) is 2.86. The Kier molecular flexibility index (Phi) is 3.52. The van der Waals surface area contributed by atoms with Gasteiger partial charge in [0.1, 0.15) is 11.4 Å². The van der Waals surface area contributed by atoms with Gasteiger partial charge in [-0.2, -0.15) is 0 Å². The van der Waals surface area contributed by atoms with Crippen LogP contribution in [0.15, 0.2) is 24.7 Å². The van der Waals surface area contributed by atoms with E-state index in [1.165, 1.54) is 0 Å². The smallest absolute Gasteiger partial charge is 0.339 e. The van der Waals surface area contributed by atoms with E-state index in [1.54, 1.807) is 36.3 Å². The highest BCUT2D eigenvalue weighted by atomic mass is 16.4. The molecule has 2 aromatic rings. The van der Waals surface area contributed by atoms with Crippen LogP contribution in [-0.2, 0) is 6.54 Å². The van der Waals surface area contributed by atoms with Gasteiger partial charge in [0.15, 0.2) is 0 Å². The van der Waals surface area contributed by atoms with Gasteiger partial charge in [-0.05, 0) is 18.6 Å². The van der Waals surface area contributed by atoms with E-state index in [0.29, 0.717) is 24.5 Å². The molecule has 7 nitrogen and oxygen atoms in total. The van der Waals surface area contributed by atoms with Crippen molar-refractivity contribution in [2.24, 2.45) is 0 Å². The third-order valence-corrected chi connectivity index (χ3v) is 2.48. The number of rotatable bonds is 5. The molecule has 18 heavy (non-hydrogen) atoms. The lowest BCUT2D eigenvalue weighted by atomic mass is 10.1. The minimum Gasteiger partial charge on any atom is -0.478 e. The summed E-state index contributed by atoms with van der Waals surface area (Å²) in [4.78, 5) is 15.2. The summed E-state index contributed by atoms with van der Waals surface area (Å²) in [6, 6.07) is 1.67. The average Bonchev–Trinajstić information content (AvgIpc) is 2.81. The number of aromatic nitrogens is 4. The van der Waals surface area contributed by atoms with E-state index in [4.69, 9.17) is 5.11 Å². The number of nitrogens with zero attached hydrogens (tertiary/aromatic N) is 4. The zero-order valence-corrected chi connectivity index (χ0v) is 9.87. The maximum atomic E-state index is 11.1. The molecule has 0 spiro atoms. The van der Waals surface area contributed by atoms with E-state index < -0.39 is 5.97 Å². The summed E-state index contributed by atoms with van der Waals surface area (Å²) in [7, 11) is 0. The number of carbonyl (C=O) groups is 1. The van der Waals surface area contributed by atoms with Crippen molar-refractivity contribution in [1.82, 2.24) is 20.0 Å². The second-order valence-corrected chi connectivity index (χ2v) is 3.75. The number of carboxylic acid groups (broad SMARTS) is 1. The van der Waals surface area contributed by atoms with Crippen LogP contribution in [0.4, 0.5) is 5.82 Å². The molecule has 2 rings (SSSR count). The summed E-state index contributed by atoms with van der Waals surface area (Å²) in [5.41, 5.74) is 0.886. The highest BCUT2D eigenvalue weighted by Gasteiger charge is 2.13. The Hall–Kier alpha value is -2.44. The third kappa shape index (κ3) is 2.62. The molecule has 2 heterocycles. The fourth-order valence-electron chi connectivity index (χ4n) is 1.60. The van der Waals surface area contributed by atoms with Gasteiger partial charge in [0.2, 0.25) is 0 Å². The van der Waals surface area contributed by atoms with Crippen LogP contribution in [-0.4, -0.2) is 37.6 Å². The molecule has 0 saturated carbocycles. The van der Waals surface area contributed by atoms with Gasteiger partial charge < -0.3 is 10.4 Å². The van der Waals surface area contributed by atoms with E-state index in [0.717, 1.165) is 0 Å². The molecule has 7 heteroatoms. The topological polar surface area (TPSA) is 92.9 Å². The lowest BCUT2D eigenvalue weighted by Crippen LogP contribution is -2.15. The number of anilines is 1. The van der Waals surface area contributed by atoms with Crippen molar-refractivity contribution in [3.63, 3.8) is 0 Å². The number of aryl methyl sites for hydroxylation is 1. The van der Waals surface area contributed by atoms with E-state index in [2.05, 4.69) is 20.6 Å². The largest absolute Gasteiger partial charge is 0.478 e. The molecule has 0 radical (unpaired) electrons. The van der Waals surface area contributed by atoms with Gasteiger partial charge >= 0.3 is 5.97 Å². The minimum absolute atomic E-state index is 0.205. The van der Waals surface area contributed by atoms with Crippen molar-refractivity contribution in [3.8, 4) is 0 Å². The molecular formula is C11H13N5O2. The SMILES string of the molecule is Cc1ccnc(NCCn2ccnn2)c1C(=O)O. The standard InChI is InChI=1S/C11H13N5O2/c1-8-2-3-12-10(9(8)11(17)18)13-4-6-16-7-5-14-15-16/h2-3,5,7H,4,6H2,1H3,(H,12,13)(H,17,18). The summed E-state index contributed by atoms with van der Waals surface area (Å²) >= 11 is 0. The monoisotopic (exact) mass is 247 g/mol. The predicted molar refractivity (Wildman–Crippen MR) is 64.4 cm³/mol. The van der Waals surface area contributed by atoms with Crippen molar-refractivity contribution in [1.29, 1.82) is 0 Å². The van der Waals surface area contributed by atoms with Gasteiger partial charge in [-0.3, -0.25) is 4.68 Å². The first-order chi connectivity index (χ1) is 8.68. The molecule has 0 aliphatic heterocycles. The molecule has 0 atom stereocenters. The predicted octanol–water partition coefficient (Wildman–Crippen LogP) is 0.792. The van der Waals surface area contributed by atoms with Gasteiger partial charge in [-0.1, -0.05) is 5.21 Å². The van der Waals surface area contributed by atoms with E-state index in [-0.39, 0.29) is 5.56 Å². The first-order valence-corrected chi connectivity index (χ1v) is 5.45. The minimum atomic E-state index is -0.983. The second kappa shape index (κ2) is 5.26.